The number of carbonyl (C=O) groups is 1. The molecule has 1 aromatic heterocycles. The molecule has 1 N–H and O–H groups in total. The summed E-state index contributed by atoms with van der Waals surface area (Å²) in [6, 6.07) is 13.2. The maximum absolute atomic E-state index is 13.5. The van der Waals surface area contributed by atoms with Crippen molar-refractivity contribution >= 4 is 29.2 Å². The van der Waals surface area contributed by atoms with E-state index in [1.807, 2.05) is 32.1 Å². The van der Waals surface area contributed by atoms with Crippen LogP contribution in [0.15, 0.2) is 54.6 Å². The maximum Gasteiger partial charge on any atom is 0.251 e. The van der Waals surface area contributed by atoms with Gasteiger partial charge in [0.15, 0.2) is 0 Å². The fraction of sp³-hybridized carbons (Fsp3) is 0.273. The van der Waals surface area contributed by atoms with E-state index in [4.69, 9.17) is 11.6 Å². The average molecular weight is 441 g/mol. The standard InChI is InChI=1S/C22H22ClFN6O/c1-14(2)12-25-21(31)13-29-19(15-3-7-17(23)8-4-15)11-20(30-22(29)26-27-28-30)16-5-9-18(24)10-6-16/h3-11,14,20H,12-13H2,1-2H3,(H,25,31). The molecule has 3 aromatic rings. The third-order valence-electron chi connectivity index (χ3n) is 4.95. The molecule has 1 atom stereocenters. The first-order chi connectivity index (χ1) is 14.9. The summed E-state index contributed by atoms with van der Waals surface area (Å²) in [5, 5.41) is 15.7. The molecule has 2 heterocycles. The van der Waals surface area contributed by atoms with Crippen LogP contribution in [-0.4, -0.2) is 39.2 Å². The van der Waals surface area contributed by atoms with Gasteiger partial charge in [-0.15, -0.1) is 0 Å². The number of nitrogens with zero attached hydrogens (tertiary/aromatic N) is 5. The molecule has 0 saturated heterocycles. The minimum absolute atomic E-state index is 0.0533. The molecule has 1 aliphatic heterocycles. The van der Waals surface area contributed by atoms with Gasteiger partial charge in [-0.3, -0.25) is 9.69 Å². The van der Waals surface area contributed by atoms with Crippen molar-refractivity contribution in [1.82, 2.24) is 25.5 Å². The van der Waals surface area contributed by atoms with Gasteiger partial charge in [0.25, 0.3) is 5.95 Å². The quantitative estimate of drug-likeness (QED) is 0.632. The first-order valence-electron chi connectivity index (χ1n) is 9.97. The molecular formula is C22H22ClFN6O. The fourth-order valence-corrected chi connectivity index (χ4v) is 3.53. The highest BCUT2D eigenvalue weighted by Gasteiger charge is 2.31. The number of rotatable bonds is 6. The number of amides is 1. The van der Waals surface area contributed by atoms with Crippen molar-refractivity contribution in [1.29, 1.82) is 0 Å². The van der Waals surface area contributed by atoms with Gasteiger partial charge in [-0.05, 0) is 57.8 Å². The predicted octanol–water partition coefficient (Wildman–Crippen LogP) is 3.69. The lowest BCUT2D eigenvalue weighted by molar-refractivity contribution is -0.119. The van der Waals surface area contributed by atoms with E-state index in [2.05, 4.69) is 20.8 Å². The van der Waals surface area contributed by atoms with E-state index in [-0.39, 0.29) is 24.3 Å². The minimum atomic E-state index is -0.355. The molecular weight excluding hydrogens is 419 g/mol. The maximum atomic E-state index is 13.5. The van der Waals surface area contributed by atoms with Crippen LogP contribution in [-0.2, 0) is 4.79 Å². The zero-order valence-corrected chi connectivity index (χ0v) is 17.9. The normalized spacial score (nSPS) is 15.6. The highest BCUT2D eigenvalue weighted by Crippen LogP contribution is 2.36. The Morgan fingerprint density at radius 3 is 2.55 bits per heavy atom. The van der Waals surface area contributed by atoms with E-state index >= 15 is 0 Å². The number of halogens is 2. The Labute approximate surface area is 184 Å². The number of nitrogens with one attached hydrogen (secondary N) is 1. The lowest BCUT2D eigenvalue weighted by atomic mass is 10.0. The lowest BCUT2D eigenvalue weighted by Gasteiger charge is -2.32. The van der Waals surface area contributed by atoms with Gasteiger partial charge >= 0.3 is 0 Å². The summed E-state index contributed by atoms with van der Waals surface area (Å²) in [4.78, 5) is 14.4. The van der Waals surface area contributed by atoms with Crippen molar-refractivity contribution in [3.8, 4) is 0 Å². The van der Waals surface area contributed by atoms with Crippen LogP contribution < -0.4 is 10.2 Å². The average Bonchev–Trinajstić information content (AvgIpc) is 3.24. The van der Waals surface area contributed by atoms with Gasteiger partial charge in [0, 0.05) is 11.6 Å². The number of hydrogen-bond acceptors (Lipinski definition) is 5. The molecule has 0 bridgehead atoms. The van der Waals surface area contributed by atoms with E-state index in [0.29, 0.717) is 23.4 Å². The number of hydrogen-bond donors (Lipinski definition) is 1. The van der Waals surface area contributed by atoms with Crippen LogP contribution in [0, 0.1) is 11.7 Å². The summed E-state index contributed by atoms with van der Waals surface area (Å²) < 4.78 is 15.1. The summed E-state index contributed by atoms with van der Waals surface area (Å²) in [6.07, 6.45) is 1.97. The molecule has 0 fully saturated rings. The second kappa shape index (κ2) is 8.85. The minimum Gasteiger partial charge on any atom is -0.354 e. The molecule has 1 amide bonds. The van der Waals surface area contributed by atoms with Gasteiger partial charge in [-0.2, -0.15) is 4.68 Å². The highest BCUT2D eigenvalue weighted by atomic mass is 35.5. The second-order valence-electron chi connectivity index (χ2n) is 7.76. The zero-order chi connectivity index (χ0) is 22.0. The SMILES string of the molecule is CC(C)CNC(=O)CN1C(c2ccc(Cl)cc2)=CC(c2ccc(F)cc2)n2nnnc21. The van der Waals surface area contributed by atoms with Gasteiger partial charge in [0.05, 0.1) is 5.70 Å². The van der Waals surface area contributed by atoms with Crippen LogP contribution >= 0.6 is 11.6 Å². The first-order valence-corrected chi connectivity index (χ1v) is 10.4. The summed E-state index contributed by atoms with van der Waals surface area (Å²) >= 11 is 6.08. The number of aromatic nitrogens is 4. The number of tetrazole rings is 1. The first kappa shape index (κ1) is 21.0. The zero-order valence-electron chi connectivity index (χ0n) is 17.2. The van der Waals surface area contributed by atoms with E-state index in [1.165, 1.54) is 12.1 Å². The van der Waals surface area contributed by atoms with Crippen LogP contribution in [0.2, 0.25) is 5.02 Å². The molecule has 4 rings (SSSR count). The smallest absolute Gasteiger partial charge is 0.251 e. The molecule has 0 spiro atoms. The Hall–Kier alpha value is -3.26. The number of fused-ring (bicyclic) bond motifs is 1. The molecule has 2 aromatic carbocycles. The summed E-state index contributed by atoms with van der Waals surface area (Å²) in [5.41, 5.74) is 2.46. The topological polar surface area (TPSA) is 75.9 Å². The Bertz CT molecular complexity index is 1090. The summed E-state index contributed by atoms with van der Waals surface area (Å²) in [5.74, 6) is 0.316. The molecule has 9 heteroatoms. The van der Waals surface area contributed by atoms with Crippen molar-refractivity contribution in [2.24, 2.45) is 5.92 Å². The van der Waals surface area contributed by atoms with E-state index in [1.54, 1.807) is 33.8 Å². The van der Waals surface area contributed by atoms with E-state index in [0.717, 1.165) is 16.8 Å². The Morgan fingerprint density at radius 2 is 1.87 bits per heavy atom. The monoisotopic (exact) mass is 440 g/mol. The number of carbonyl (C=O) groups excluding carboxylic acids is 1. The molecule has 160 valence electrons. The Morgan fingerprint density at radius 1 is 1.16 bits per heavy atom. The molecule has 0 aliphatic carbocycles. The van der Waals surface area contributed by atoms with Gasteiger partial charge < -0.3 is 5.32 Å². The number of benzene rings is 2. The predicted molar refractivity (Wildman–Crippen MR) is 117 cm³/mol. The third kappa shape index (κ3) is 4.59. The largest absolute Gasteiger partial charge is 0.354 e. The van der Waals surface area contributed by atoms with Crippen molar-refractivity contribution in [3.63, 3.8) is 0 Å². The van der Waals surface area contributed by atoms with Crippen LogP contribution in [0.25, 0.3) is 5.70 Å². The van der Waals surface area contributed by atoms with Crippen molar-refractivity contribution in [2.45, 2.75) is 19.9 Å². The van der Waals surface area contributed by atoms with Gasteiger partial charge in [-0.1, -0.05) is 54.8 Å². The van der Waals surface area contributed by atoms with Crippen molar-refractivity contribution in [2.75, 3.05) is 18.0 Å². The van der Waals surface area contributed by atoms with Crippen LogP contribution in [0.1, 0.15) is 31.0 Å². The van der Waals surface area contributed by atoms with E-state index in [9.17, 15) is 9.18 Å². The van der Waals surface area contributed by atoms with Gasteiger partial charge in [0.2, 0.25) is 5.91 Å². The third-order valence-corrected chi connectivity index (χ3v) is 5.20. The molecule has 31 heavy (non-hydrogen) atoms. The van der Waals surface area contributed by atoms with E-state index < -0.39 is 0 Å². The number of anilines is 1. The Kier molecular flexibility index (Phi) is 5.99. The fourth-order valence-electron chi connectivity index (χ4n) is 3.41. The molecule has 0 radical (unpaired) electrons. The van der Waals surface area contributed by atoms with Gasteiger partial charge in [0.1, 0.15) is 18.4 Å². The molecule has 0 saturated carbocycles. The Balaban J connectivity index is 1.76. The van der Waals surface area contributed by atoms with Gasteiger partial charge in [-0.25, -0.2) is 4.39 Å². The van der Waals surface area contributed by atoms with Crippen molar-refractivity contribution < 1.29 is 9.18 Å². The lowest BCUT2D eigenvalue weighted by Crippen LogP contribution is -2.41. The van der Waals surface area contributed by atoms with Crippen molar-refractivity contribution in [3.05, 3.63) is 76.6 Å². The van der Waals surface area contributed by atoms with Crippen LogP contribution in [0.3, 0.4) is 0 Å². The molecule has 1 unspecified atom stereocenters. The summed E-state index contributed by atoms with van der Waals surface area (Å²) in [7, 11) is 0. The van der Waals surface area contributed by atoms with Crippen LogP contribution in [0.4, 0.5) is 10.3 Å². The summed E-state index contributed by atoms with van der Waals surface area (Å²) in [6.45, 7) is 4.70. The second-order valence-corrected chi connectivity index (χ2v) is 8.20. The number of allylic oxidation sites excluding steroid dienone is 1. The van der Waals surface area contributed by atoms with Crippen LogP contribution in [0.5, 0.6) is 0 Å². The molecule has 7 nitrogen and oxygen atoms in total. The highest BCUT2D eigenvalue weighted by molar-refractivity contribution is 6.30. The molecule has 1 aliphatic rings.